The SMILES string of the molecule is CCCC(C)(N)C(=O)N(C)CC(=O)N1CCCC1. The van der Waals surface area contributed by atoms with Gasteiger partial charge in [-0.2, -0.15) is 0 Å². The number of hydrogen-bond donors (Lipinski definition) is 1. The molecule has 1 rings (SSSR count). The number of carbonyl (C=O) groups is 2. The Balaban J connectivity index is 2.51. The molecule has 2 amide bonds. The highest BCUT2D eigenvalue weighted by Gasteiger charge is 2.31. The zero-order chi connectivity index (χ0) is 13.8. The summed E-state index contributed by atoms with van der Waals surface area (Å²) in [7, 11) is 1.65. The molecule has 5 nitrogen and oxygen atoms in total. The summed E-state index contributed by atoms with van der Waals surface area (Å²) < 4.78 is 0. The van der Waals surface area contributed by atoms with E-state index in [9.17, 15) is 9.59 Å². The lowest BCUT2D eigenvalue weighted by atomic mass is 9.96. The first-order valence-corrected chi connectivity index (χ1v) is 6.70. The van der Waals surface area contributed by atoms with Crippen molar-refractivity contribution in [1.29, 1.82) is 0 Å². The Morgan fingerprint density at radius 2 is 1.89 bits per heavy atom. The monoisotopic (exact) mass is 255 g/mol. The van der Waals surface area contributed by atoms with E-state index in [1.165, 1.54) is 4.90 Å². The predicted molar refractivity (Wildman–Crippen MR) is 71.0 cm³/mol. The van der Waals surface area contributed by atoms with Crippen molar-refractivity contribution in [3.05, 3.63) is 0 Å². The third-order valence-electron chi connectivity index (χ3n) is 3.44. The maximum absolute atomic E-state index is 12.1. The molecule has 0 aromatic rings. The lowest BCUT2D eigenvalue weighted by molar-refractivity contribution is -0.141. The molecule has 0 aromatic heterocycles. The molecular weight excluding hydrogens is 230 g/mol. The first kappa shape index (κ1) is 15.0. The number of rotatable bonds is 5. The van der Waals surface area contributed by atoms with Crippen LogP contribution >= 0.6 is 0 Å². The second kappa shape index (κ2) is 6.18. The largest absolute Gasteiger partial charge is 0.341 e. The average Bonchev–Trinajstić information content (AvgIpc) is 2.81. The van der Waals surface area contributed by atoms with Gasteiger partial charge in [-0.3, -0.25) is 9.59 Å². The fraction of sp³-hybridized carbons (Fsp3) is 0.846. The topological polar surface area (TPSA) is 66.6 Å². The third-order valence-corrected chi connectivity index (χ3v) is 3.44. The zero-order valence-electron chi connectivity index (χ0n) is 11.7. The number of likely N-dealkylation sites (N-methyl/N-ethyl adjacent to an activating group) is 1. The molecule has 2 N–H and O–H groups in total. The van der Waals surface area contributed by atoms with Gasteiger partial charge in [0.2, 0.25) is 11.8 Å². The van der Waals surface area contributed by atoms with E-state index in [0.29, 0.717) is 6.42 Å². The second-order valence-corrected chi connectivity index (χ2v) is 5.42. The van der Waals surface area contributed by atoms with Crippen LogP contribution in [0.4, 0.5) is 0 Å². The summed E-state index contributed by atoms with van der Waals surface area (Å²) in [6, 6.07) is 0. The van der Waals surface area contributed by atoms with Crippen LogP contribution in [0.15, 0.2) is 0 Å². The highest BCUT2D eigenvalue weighted by Crippen LogP contribution is 2.13. The van der Waals surface area contributed by atoms with E-state index in [1.54, 1.807) is 14.0 Å². The van der Waals surface area contributed by atoms with Gasteiger partial charge in [0.25, 0.3) is 0 Å². The van der Waals surface area contributed by atoms with Crippen LogP contribution in [0.25, 0.3) is 0 Å². The van der Waals surface area contributed by atoms with Crippen LogP contribution in [0.2, 0.25) is 0 Å². The third kappa shape index (κ3) is 3.70. The standard InChI is InChI=1S/C13H25N3O2/c1-4-7-13(2,14)12(18)15(3)10-11(17)16-8-5-6-9-16/h4-10,14H2,1-3H3. The van der Waals surface area contributed by atoms with E-state index in [4.69, 9.17) is 5.73 Å². The van der Waals surface area contributed by atoms with E-state index in [2.05, 4.69) is 0 Å². The zero-order valence-corrected chi connectivity index (χ0v) is 11.7. The van der Waals surface area contributed by atoms with Crippen molar-refractivity contribution < 1.29 is 9.59 Å². The minimum absolute atomic E-state index is 0.0237. The molecule has 0 aliphatic carbocycles. The van der Waals surface area contributed by atoms with Crippen LogP contribution in [0.3, 0.4) is 0 Å². The maximum atomic E-state index is 12.1. The van der Waals surface area contributed by atoms with Gasteiger partial charge < -0.3 is 15.5 Å². The Morgan fingerprint density at radius 3 is 2.39 bits per heavy atom. The van der Waals surface area contributed by atoms with E-state index < -0.39 is 5.54 Å². The molecule has 1 atom stereocenters. The first-order valence-electron chi connectivity index (χ1n) is 6.70. The summed E-state index contributed by atoms with van der Waals surface area (Å²) in [4.78, 5) is 27.3. The summed E-state index contributed by atoms with van der Waals surface area (Å²) in [6.07, 6.45) is 3.61. The molecule has 1 fully saturated rings. The average molecular weight is 255 g/mol. The Hall–Kier alpha value is -1.10. The summed E-state index contributed by atoms with van der Waals surface area (Å²) >= 11 is 0. The highest BCUT2D eigenvalue weighted by atomic mass is 16.2. The van der Waals surface area contributed by atoms with E-state index in [1.807, 2.05) is 11.8 Å². The van der Waals surface area contributed by atoms with Crippen LogP contribution in [0.5, 0.6) is 0 Å². The van der Waals surface area contributed by atoms with Crippen molar-refractivity contribution in [2.45, 2.75) is 45.1 Å². The van der Waals surface area contributed by atoms with Crippen molar-refractivity contribution >= 4 is 11.8 Å². The van der Waals surface area contributed by atoms with E-state index >= 15 is 0 Å². The number of hydrogen-bond acceptors (Lipinski definition) is 3. The summed E-state index contributed by atoms with van der Waals surface area (Å²) in [6.45, 7) is 5.49. The molecule has 1 aliphatic rings. The number of nitrogens with zero attached hydrogens (tertiary/aromatic N) is 2. The Labute approximate surface area is 109 Å². The van der Waals surface area contributed by atoms with Gasteiger partial charge in [-0.1, -0.05) is 13.3 Å². The summed E-state index contributed by atoms with van der Waals surface area (Å²) in [5, 5.41) is 0. The van der Waals surface area contributed by atoms with Crippen molar-refractivity contribution in [3.8, 4) is 0 Å². The Morgan fingerprint density at radius 1 is 1.33 bits per heavy atom. The Bertz CT molecular complexity index is 309. The highest BCUT2D eigenvalue weighted by molar-refractivity contribution is 5.89. The van der Waals surface area contributed by atoms with Gasteiger partial charge >= 0.3 is 0 Å². The normalized spacial score (nSPS) is 18.6. The van der Waals surface area contributed by atoms with Gasteiger partial charge in [0.1, 0.15) is 0 Å². The van der Waals surface area contributed by atoms with Crippen LogP contribution < -0.4 is 5.73 Å². The van der Waals surface area contributed by atoms with Crippen molar-refractivity contribution in [3.63, 3.8) is 0 Å². The molecule has 0 spiro atoms. The quantitative estimate of drug-likeness (QED) is 0.781. The van der Waals surface area contributed by atoms with Crippen LogP contribution in [-0.4, -0.2) is 53.8 Å². The van der Waals surface area contributed by atoms with Crippen LogP contribution in [0.1, 0.15) is 39.5 Å². The molecule has 1 saturated heterocycles. The molecular formula is C13H25N3O2. The summed E-state index contributed by atoms with van der Waals surface area (Å²) in [5.41, 5.74) is 5.12. The number of nitrogens with two attached hydrogens (primary N) is 1. The number of carbonyl (C=O) groups excluding carboxylic acids is 2. The van der Waals surface area contributed by atoms with Gasteiger partial charge in [0.15, 0.2) is 0 Å². The van der Waals surface area contributed by atoms with Gasteiger partial charge in [-0.25, -0.2) is 0 Å². The molecule has 0 aromatic carbocycles. The molecule has 1 aliphatic heterocycles. The van der Waals surface area contributed by atoms with Gasteiger partial charge in [0.05, 0.1) is 12.1 Å². The van der Waals surface area contributed by atoms with Crippen molar-refractivity contribution in [2.75, 3.05) is 26.7 Å². The Kier molecular flexibility index (Phi) is 5.14. The number of amides is 2. The lowest BCUT2D eigenvalue weighted by Crippen LogP contribution is -2.54. The fourth-order valence-corrected chi connectivity index (χ4v) is 2.40. The molecule has 0 bridgehead atoms. The maximum Gasteiger partial charge on any atom is 0.242 e. The smallest absolute Gasteiger partial charge is 0.242 e. The predicted octanol–water partition coefficient (Wildman–Crippen LogP) is 0.585. The molecule has 1 heterocycles. The molecule has 18 heavy (non-hydrogen) atoms. The van der Waals surface area contributed by atoms with E-state index in [0.717, 1.165) is 32.4 Å². The van der Waals surface area contributed by atoms with Gasteiger partial charge in [-0.05, 0) is 26.2 Å². The summed E-state index contributed by atoms with van der Waals surface area (Å²) in [5.74, 6) is -0.132. The number of likely N-dealkylation sites (tertiary alicyclic amines) is 1. The van der Waals surface area contributed by atoms with Crippen molar-refractivity contribution in [2.24, 2.45) is 5.73 Å². The molecule has 1 unspecified atom stereocenters. The lowest BCUT2D eigenvalue weighted by Gasteiger charge is -2.29. The molecule has 5 heteroatoms. The fourth-order valence-electron chi connectivity index (χ4n) is 2.40. The first-order chi connectivity index (χ1) is 8.38. The van der Waals surface area contributed by atoms with Gasteiger partial charge in [0, 0.05) is 20.1 Å². The minimum atomic E-state index is -0.866. The second-order valence-electron chi connectivity index (χ2n) is 5.42. The van der Waals surface area contributed by atoms with E-state index in [-0.39, 0.29) is 18.4 Å². The molecule has 0 saturated carbocycles. The minimum Gasteiger partial charge on any atom is -0.341 e. The molecule has 0 radical (unpaired) electrons. The molecule has 104 valence electrons. The van der Waals surface area contributed by atoms with Crippen molar-refractivity contribution in [1.82, 2.24) is 9.80 Å². The van der Waals surface area contributed by atoms with Gasteiger partial charge in [-0.15, -0.1) is 0 Å². The van der Waals surface area contributed by atoms with Crippen LogP contribution in [-0.2, 0) is 9.59 Å². The van der Waals surface area contributed by atoms with Crippen LogP contribution in [0, 0.1) is 0 Å².